The fraction of sp³-hybridized carbons (Fsp3) is 0.412. The highest BCUT2D eigenvalue weighted by Crippen LogP contribution is 2.22. The Kier molecular flexibility index (Phi) is 6.98. The highest BCUT2D eigenvalue weighted by molar-refractivity contribution is 5.66. The first-order valence-electron chi connectivity index (χ1n) is 6.86. The predicted octanol–water partition coefficient (Wildman–Crippen LogP) is 4.82. The number of ether oxygens (including phenoxy) is 2. The van der Waals surface area contributed by atoms with Crippen LogP contribution in [0.5, 0.6) is 5.75 Å². The van der Waals surface area contributed by atoms with Gasteiger partial charge in [-0.3, -0.25) is 0 Å². The molecule has 0 aromatic heterocycles. The summed E-state index contributed by atoms with van der Waals surface area (Å²) in [7, 11) is 0. The van der Waals surface area contributed by atoms with Gasteiger partial charge >= 0.3 is 0 Å². The fourth-order valence-corrected chi connectivity index (χ4v) is 1.86. The summed E-state index contributed by atoms with van der Waals surface area (Å²) in [6.45, 7) is 8.63. The van der Waals surface area contributed by atoms with Crippen LogP contribution in [0.1, 0.15) is 39.7 Å². The quantitative estimate of drug-likeness (QED) is 0.517. The maximum atomic E-state index is 5.65. The molecule has 0 aliphatic rings. The zero-order valence-corrected chi connectivity index (χ0v) is 12.3. The van der Waals surface area contributed by atoms with Gasteiger partial charge in [-0.1, -0.05) is 30.4 Å². The molecule has 0 aliphatic carbocycles. The second-order valence-electron chi connectivity index (χ2n) is 4.25. The lowest BCUT2D eigenvalue weighted by Gasteiger charge is -2.14. The number of allylic oxidation sites excluding steroid dienone is 4. The number of benzene rings is 1. The van der Waals surface area contributed by atoms with Crippen LogP contribution in [-0.4, -0.2) is 12.9 Å². The number of rotatable bonds is 7. The van der Waals surface area contributed by atoms with Crippen LogP contribution in [-0.2, 0) is 4.74 Å². The molecule has 1 atom stereocenters. The molecule has 1 unspecified atom stereocenters. The molecule has 1 rings (SSSR count). The topological polar surface area (TPSA) is 18.5 Å². The van der Waals surface area contributed by atoms with Gasteiger partial charge in [0.25, 0.3) is 0 Å². The smallest absolute Gasteiger partial charge is 0.196 e. The number of hydrogen-bond acceptors (Lipinski definition) is 2. The summed E-state index contributed by atoms with van der Waals surface area (Å²) >= 11 is 0. The molecule has 0 aliphatic heterocycles. The van der Waals surface area contributed by atoms with Crippen molar-refractivity contribution in [2.24, 2.45) is 0 Å². The largest absolute Gasteiger partial charge is 0.465 e. The molecule has 0 spiro atoms. The third-order valence-electron chi connectivity index (χ3n) is 2.85. The molecular weight excluding hydrogens is 236 g/mol. The highest BCUT2D eigenvalue weighted by Gasteiger charge is 2.04. The van der Waals surface area contributed by atoms with E-state index >= 15 is 0 Å². The Morgan fingerprint density at radius 2 is 1.89 bits per heavy atom. The van der Waals surface area contributed by atoms with Gasteiger partial charge in [-0.2, -0.15) is 0 Å². The molecule has 0 radical (unpaired) electrons. The Bertz CT molecular complexity index is 415. The van der Waals surface area contributed by atoms with Crippen LogP contribution in [0.15, 0.2) is 42.5 Å². The van der Waals surface area contributed by atoms with Crippen LogP contribution in [0.25, 0.3) is 5.57 Å². The van der Waals surface area contributed by atoms with Crippen molar-refractivity contribution in [1.29, 1.82) is 0 Å². The van der Waals surface area contributed by atoms with Crippen molar-refractivity contribution in [3.8, 4) is 5.75 Å². The first kappa shape index (κ1) is 15.5. The van der Waals surface area contributed by atoms with E-state index in [1.807, 2.05) is 32.9 Å². The van der Waals surface area contributed by atoms with Gasteiger partial charge in [-0.15, -0.1) is 0 Å². The minimum Gasteiger partial charge on any atom is -0.465 e. The highest BCUT2D eigenvalue weighted by atomic mass is 16.7. The van der Waals surface area contributed by atoms with Gasteiger partial charge < -0.3 is 9.47 Å². The standard InChI is InChI=1S/C17H24O2/c1-5-8-9-15(6-2)16-10-12-17(13-11-16)19-14(4)18-7-3/h5-6,8,10-14H,7,9H2,1-4H3/b8-5-,15-6+. The Morgan fingerprint density at radius 1 is 1.21 bits per heavy atom. The molecule has 2 nitrogen and oxygen atoms in total. The van der Waals surface area contributed by atoms with Gasteiger partial charge in [0, 0.05) is 6.61 Å². The zero-order valence-electron chi connectivity index (χ0n) is 12.3. The van der Waals surface area contributed by atoms with Crippen molar-refractivity contribution in [3.05, 3.63) is 48.1 Å². The molecular formula is C17H24O2. The molecule has 19 heavy (non-hydrogen) atoms. The van der Waals surface area contributed by atoms with E-state index < -0.39 is 0 Å². The maximum Gasteiger partial charge on any atom is 0.196 e. The summed E-state index contributed by atoms with van der Waals surface area (Å²) in [6, 6.07) is 8.16. The van der Waals surface area contributed by atoms with E-state index in [2.05, 4.69) is 37.3 Å². The molecule has 2 heteroatoms. The van der Waals surface area contributed by atoms with E-state index in [1.54, 1.807) is 0 Å². The summed E-state index contributed by atoms with van der Waals surface area (Å²) in [5.41, 5.74) is 2.56. The third kappa shape index (κ3) is 5.31. The summed E-state index contributed by atoms with van der Waals surface area (Å²) in [4.78, 5) is 0. The molecule has 104 valence electrons. The minimum atomic E-state index is -0.208. The molecule has 0 heterocycles. The average Bonchev–Trinajstić information content (AvgIpc) is 2.41. The first-order valence-corrected chi connectivity index (χ1v) is 6.86. The third-order valence-corrected chi connectivity index (χ3v) is 2.85. The van der Waals surface area contributed by atoms with Crippen molar-refractivity contribution in [1.82, 2.24) is 0 Å². The molecule has 1 aromatic rings. The van der Waals surface area contributed by atoms with Crippen LogP contribution >= 0.6 is 0 Å². The van der Waals surface area contributed by atoms with E-state index in [9.17, 15) is 0 Å². The lowest BCUT2D eigenvalue weighted by molar-refractivity contribution is -0.0613. The van der Waals surface area contributed by atoms with Crippen LogP contribution in [0.4, 0.5) is 0 Å². The van der Waals surface area contributed by atoms with Crippen LogP contribution < -0.4 is 4.74 Å². The van der Waals surface area contributed by atoms with Gasteiger partial charge in [-0.25, -0.2) is 0 Å². The van der Waals surface area contributed by atoms with Crippen LogP contribution in [0.3, 0.4) is 0 Å². The van der Waals surface area contributed by atoms with Crippen LogP contribution in [0, 0.1) is 0 Å². The Morgan fingerprint density at radius 3 is 2.42 bits per heavy atom. The second-order valence-corrected chi connectivity index (χ2v) is 4.25. The predicted molar refractivity (Wildman–Crippen MR) is 81.2 cm³/mol. The summed E-state index contributed by atoms with van der Waals surface area (Å²) in [5, 5.41) is 0. The van der Waals surface area contributed by atoms with Gasteiger partial charge in [0.2, 0.25) is 0 Å². The number of hydrogen-bond donors (Lipinski definition) is 0. The van der Waals surface area contributed by atoms with E-state index in [4.69, 9.17) is 9.47 Å². The van der Waals surface area contributed by atoms with Crippen molar-refractivity contribution < 1.29 is 9.47 Å². The lowest BCUT2D eigenvalue weighted by Crippen LogP contribution is -2.15. The van der Waals surface area contributed by atoms with Crippen molar-refractivity contribution in [2.45, 2.75) is 40.4 Å². The second kappa shape index (κ2) is 8.54. The van der Waals surface area contributed by atoms with Crippen molar-refractivity contribution in [2.75, 3.05) is 6.61 Å². The van der Waals surface area contributed by atoms with E-state index in [0.29, 0.717) is 6.61 Å². The molecule has 0 fully saturated rings. The van der Waals surface area contributed by atoms with E-state index in [0.717, 1.165) is 12.2 Å². The minimum absolute atomic E-state index is 0.208. The molecule has 0 N–H and O–H groups in total. The Hall–Kier alpha value is -1.54. The molecule has 0 saturated heterocycles. The molecule has 0 amide bonds. The summed E-state index contributed by atoms with van der Waals surface area (Å²) in [6.07, 6.45) is 7.14. The van der Waals surface area contributed by atoms with E-state index in [-0.39, 0.29) is 6.29 Å². The first-order chi connectivity index (χ1) is 9.21. The SMILES string of the molecule is C/C=C\C/C(=C\C)c1ccc(OC(C)OCC)cc1. The van der Waals surface area contributed by atoms with Gasteiger partial charge in [0.15, 0.2) is 6.29 Å². The van der Waals surface area contributed by atoms with Crippen LogP contribution in [0.2, 0.25) is 0 Å². The maximum absolute atomic E-state index is 5.65. The van der Waals surface area contributed by atoms with Gasteiger partial charge in [-0.05, 0) is 57.4 Å². The Balaban J connectivity index is 2.69. The normalized spacial score (nSPS) is 13.8. The van der Waals surface area contributed by atoms with Gasteiger partial charge in [0.1, 0.15) is 5.75 Å². The van der Waals surface area contributed by atoms with E-state index in [1.165, 1.54) is 11.1 Å². The summed E-state index contributed by atoms with van der Waals surface area (Å²) in [5.74, 6) is 0.839. The summed E-state index contributed by atoms with van der Waals surface area (Å²) < 4.78 is 11.0. The molecule has 0 saturated carbocycles. The zero-order chi connectivity index (χ0) is 14.1. The fourth-order valence-electron chi connectivity index (χ4n) is 1.86. The monoisotopic (exact) mass is 260 g/mol. The lowest BCUT2D eigenvalue weighted by atomic mass is 10.0. The van der Waals surface area contributed by atoms with Crippen molar-refractivity contribution >= 4 is 5.57 Å². The molecule has 0 bridgehead atoms. The van der Waals surface area contributed by atoms with Crippen molar-refractivity contribution in [3.63, 3.8) is 0 Å². The average molecular weight is 260 g/mol. The Labute approximate surface area is 116 Å². The van der Waals surface area contributed by atoms with Gasteiger partial charge in [0.05, 0.1) is 0 Å². The molecule has 1 aromatic carbocycles.